The summed E-state index contributed by atoms with van der Waals surface area (Å²) in [5.41, 5.74) is 0.771. The Morgan fingerprint density at radius 3 is 2.46 bits per heavy atom. The number of aliphatic imine (C=N–C) groups is 1. The van der Waals surface area contributed by atoms with Crippen molar-refractivity contribution in [2.45, 2.75) is 39.2 Å². The van der Waals surface area contributed by atoms with Crippen molar-refractivity contribution in [3.05, 3.63) is 0 Å². The molecule has 0 aromatic rings. The van der Waals surface area contributed by atoms with E-state index in [0.717, 1.165) is 6.54 Å². The Morgan fingerprint density at radius 1 is 1.31 bits per heavy atom. The van der Waals surface area contributed by atoms with E-state index < -0.39 is 0 Å². The summed E-state index contributed by atoms with van der Waals surface area (Å²) in [6, 6.07) is 0. The molecule has 2 nitrogen and oxygen atoms in total. The van der Waals surface area contributed by atoms with E-state index >= 15 is 0 Å². The van der Waals surface area contributed by atoms with Gasteiger partial charge in [-0.25, -0.2) is 0 Å². The molecule has 1 heterocycles. The van der Waals surface area contributed by atoms with Gasteiger partial charge in [0.1, 0.15) is 0 Å². The molecule has 1 N–H and O–H groups in total. The minimum Gasteiger partial charge on any atom is -0.360 e. The second-order valence-corrected chi connectivity index (χ2v) is 6.22. The Kier molecular flexibility index (Phi) is 2.10. The number of amidine groups is 1. The van der Waals surface area contributed by atoms with Gasteiger partial charge in [0, 0.05) is 17.8 Å². The molecular formula is C10H18N2S. The average Bonchev–Trinajstić information content (AvgIpc) is 2.74. The van der Waals surface area contributed by atoms with Crippen LogP contribution in [0, 0.1) is 5.41 Å². The molecule has 1 saturated carbocycles. The Bertz CT molecular complexity index is 241. The van der Waals surface area contributed by atoms with Gasteiger partial charge in [0.25, 0.3) is 0 Å². The van der Waals surface area contributed by atoms with Gasteiger partial charge in [-0.3, -0.25) is 4.99 Å². The number of hydrogen-bond acceptors (Lipinski definition) is 3. The number of hydrogen-bond donors (Lipinski definition) is 1. The first-order valence-corrected chi connectivity index (χ1v) is 5.93. The van der Waals surface area contributed by atoms with E-state index in [0.29, 0.717) is 11.0 Å². The molecule has 74 valence electrons. The molecule has 1 aliphatic carbocycles. The van der Waals surface area contributed by atoms with E-state index in [1.165, 1.54) is 23.8 Å². The van der Waals surface area contributed by atoms with Gasteiger partial charge in [-0.05, 0) is 25.2 Å². The number of nitrogens with zero attached hydrogens (tertiary/aromatic N) is 1. The van der Waals surface area contributed by atoms with E-state index in [1.807, 2.05) is 11.8 Å². The third-order valence-corrected chi connectivity index (χ3v) is 4.09. The molecule has 2 rings (SSSR count). The molecule has 0 amide bonds. The molecule has 0 radical (unpaired) electrons. The van der Waals surface area contributed by atoms with Gasteiger partial charge in [0.05, 0.1) is 0 Å². The maximum atomic E-state index is 4.58. The van der Waals surface area contributed by atoms with E-state index in [9.17, 15) is 0 Å². The zero-order chi connectivity index (χ0) is 9.53. The molecule has 1 aliphatic heterocycles. The second kappa shape index (κ2) is 2.91. The first kappa shape index (κ1) is 9.38. The van der Waals surface area contributed by atoms with Crippen molar-refractivity contribution in [2.75, 3.05) is 12.3 Å². The van der Waals surface area contributed by atoms with Crippen molar-refractivity contribution in [3.8, 4) is 0 Å². The van der Waals surface area contributed by atoms with Crippen LogP contribution < -0.4 is 5.32 Å². The summed E-state index contributed by atoms with van der Waals surface area (Å²) in [5.74, 6) is 1.19. The van der Waals surface area contributed by atoms with Crippen LogP contribution in [0.1, 0.15) is 33.6 Å². The fraction of sp³-hybridized carbons (Fsp3) is 0.900. The van der Waals surface area contributed by atoms with Crippen LogP contribution in [-0.2, 0) is 0 Å². The smallest absolute Gasteiger partial charge is 0.157 e. The lowest BCUT2D eigenvalue weighted by Crippen LogP contribution is -2.37. The molecule has 0 unspecified atom stereocenters. The van der Waals surface area contributed by atoms with E-state index in [-0.39, 0.29) is 0 Å². The van der Waals surface area contributed by atoms with E-state index in [2.05, 4.69) is 31.1 Å². The molecule has 13 heavy (non-hydrogen) atoms. The van der Waals surface area contributed by atoms with Crippen LogP contribution in [0.4, 0.5) is 0 Å². The summed E-state index contributed by atoms with van der Waals surface area (Å²) < 4.78 is 0. The van der Waals surface area contributed by atoms with Gasteiger partial charge in [0.15, 0.2) is 5.17 Å². The van der Waals surface area contributed by atoms with Gasteiger partial charge in [0.2, 0.25) is 0 Å². The SMILES string of the molecule is CC1(C)CN=C(NC2(C)CC2)SC1. The van der Waals surface area contributed by atoms with Crippen molar-refractivity contribution >= 4 is 16.9 Å². The van der Waals surface area contributed by atoms with Crippen LogP contribution in [0.15, 0.2) is 4.99 Å². The highest BCUT2D eigenvalue weighted by atomic mass is 32.2. The quantitative estimate of drug-likeness (QED) is 0.699. The molecule has 2 aliphatic rings. The van der Waals surface area contributed by atoms with E-state index in [1.54, 1.807) is 0 Å². The molecule has 0 aromatic carbocycles. The zero-order valence-corrected chi connectivity index (χ0v) is 9.50. The summed E-state index contributed by atoms with van der Waals surface area (Å²) >= 11 is 1.88. The fourth-order valence-corrected chi connectivity index (χ4v) is 2.38. The van der Waals surface area contributed by atoms with Gasteiger partial charge in [-0.1, -0.05) is 25.6 Å². The topological polar surface area (TPSA) is 24.4 Å². The highest BCUT2D eigenvalue weighted by molar-refractivity contribution is 8.13. The molecule has 0 atom stereocenters. The largest absolute Gasteiger partial charge is 0.360 e. The highest BCUT2D eigenvalue weighted by Crippen LogP contribution is 2.36. The first-order chi connectivity index (χ1) is 5.99. The summed E-state index contributed by atoms with van der Waals surface area (Å²) in [6.45, 7) is 7.80. The number of nitrogens with one attached hydrogen (secondary N) is 1. The third-order valence-electron chi connectivity index (χ3n) is 2.66. The van der Waals surface area contributed by atoms with Crippen molar-refractivity contribution in [2.24, 2.45) is 10.4 Å². The van der Waals surface area contributed by atoms with Crippen molar-refractivity contribution in [1.82, 2.24) is 5.32 Å². The lowest BCUT2D eigenvalue weighted by atomic mass is 9.97. The number of rotatable bonds is 1. The average molecular weight is 198 g/mol. The Balaban J connectivity index is 1.92. The molecule has 1 fully saturated rings. The molecular weight excluding hydrogens is 180 g/mol. The van der Waals surface area contributed by atoms with Gasteiger partial charge in [-0.15, -0.1) is 0 Å². The summed E-state index contributed by atoms with van der Waals surface area (Å²) in [6.07, 6.45) is 2.60. The minimum atomic E-state index is 0.382. The molecule has 0 saturated heterocycles. The molecule has 0 aromatic heterocycles. The van der Waals surface area contributed by atoms with Gasteiger partial charge >= 0.3 is 0 Å². The summed E-state index contributed by atoms with van der Waals surface area (Å²) in [7, 11) is 0. The molecule has 0 spiro atoms. The fourth-order valence-electron chi connectivity index (χ4n) is 1.29. The number of thioether (sulfide) groups is 1. The van der Waals surface area contributed by atoms with Crippen LogP contribution in [0.25, 0.3) is 0 Å². The monoisotopic (exact) mass is 198 g/mol. The summed E-state index contributed by atoms with van der Waals surface area (Å²) in [5, 5.41) is 4.69. The van der Waals surface area contributed by atoms with Crippen LogP contribution in [-0.4, -0.2) is 23.0 Å². The van der Waals surface area contributed by atoms with Crippen molar-refractivity contribution in [1.29, 1.82) is 0 Å². The van der Waals surface area contributed by atoms with Gasteiger partial charge in [-0.2, -0.15) is 0 Å². The van der Waals surface area contributed by atoms with Gasteiger partial charge < -0.3 is 5.32 Å². The molecule has 0 bridgehead atoms. The maximum absolute atomic E-state index is 4.58. The predicted octanol–water partition coefficient (Wildman–Crippen LogP) is 2.26. The van der Waals surface area contributed by atoms with Crippen LogP contribution in [0.5, 0.6) is 0 Å². The standard InChI is InChI=1S/C10H18N2S/c1-9(2)6-11-8(13-7-9)12-10(3)4-5-10/h4-7H2,1-3H3,(H,11,12). The third kappa shape index (κ3) is 2.39. The molecule has 3 heteroatoms. The van der Waals surface area contributed by atoms with Crippen molar-refractivity contribution in [3.63, 3.8) is 0 Å². The Morgan fingerprint density at radius 2 is 2.00 bits per heavy atom. The summed E-state index contributed by atoms with van der Waals surface area (Å²) in [4.78, 5) is 4.58. The Labute approximate surface area is 84.6 Å². The minimum absolute atomic E-state index is 0.382. The Hall–Kier alpha value is -0.180. The normalized spacial score (nSPS) is 29.3. The van der Waals surface area contributed by atoms with Crippen LogP contribution in [0.3, 0.4) is 0 Å². The zero-order valence-electron chi connectivity index (χ0n) is 8.68. The first-order valence-electron chi connectivity index (χ1n) is 4.95. The lowest BCUT2D eigenvalue weighted by molar-refractivity contribution is 0.436. The second-order valence-electron chi connectivity index (χ2n) is 5.26. The van der Waals surface area contributed by atoms with Crippen LogP contribution in [0.2, 0.25) is 0 Å². The highest BCUT2D eigenvalue weighted by Gasteiger charge is 2.38. The maximum Gasteiger partial charge on any atom is 0.157 e. The predicted molar refractivity (Wildman–Crippen MR) is 59.3 cm³/mol. The van der Waals surface area contributed by atoms with E-state index in [4.69, 9.17) is 0 Å². The van der Waals surface area contributed by atoms with Crippen LogP contribution >= 0.6 is 11.8 Å². The van der Waals surface area contributed by atoms with Crippen molar-refractivity contribution < 1.29 is 0 Å². The lowest BCUT2D eigenvalue weighted by Gasteiger charge is -2.28.